The number of carbonyl (C=O) groups excluding carboxylic acids is 2. The molecule has 5 heteroatoms. The average Bonchev–Trinajstić information content (AvgIpc) is 2.01. The Balaban J connectivity index is 3.38. The molecule has 0 aromatic carbocycles. The molecule has 0 aromatic heterocycles. The van der Waals surface area contributed by atoms with Crippen LogP contribution < -0.4 is 0 Å². The molecule has 0 atom stereocenters. The first kappa shape index (κ1) is 10.3. The van der Waals surface area contributed by atoms with E-state index in [1.165, 1.54) is 7.11 Å². The molecule has 0 aliphatic heterocycles. The molecule has 0 bridgehead atoms. The minimum Gasteiger partial charge on any atom is -0.469 e. The summed E-state index contributed by atoms with van der Waals surface area (Å²) in [5, 5.41) is 0. The third-order valence-corrected chi connectivity index (χ3v) is 1.29. The highest BCUT2D eigenvalue weighted by Crippen LogP contribution is 2.01. The van der Waals surface area contributed by atoms with Gasteiger partial charge in [-0.25, -0.2) is 0 Å². The fourth-order valence-corrected chi connectivity index (χ4v) is 0.710. The van der Waals surface area contributed by atoms with Crippen LogP contribution >= 0.6 is 12.0 Å². The van der Waals surface area contributed by atoms with Gasteiger partial charge >= 0.3 is 11.9 Å². The van der Waals surface area contributed by atoms with Crippen LogP contribution in [0.2, 0.25) is 0 Å². The quantitative estimate of drug-likeness (QED) is 0.470. The van der Waals surface area contributed by atoms with Gasteiger partial charge < -0.3 is 8.92 Å². The Morgan fingerprint density at radius 1 is 1.27 bits per heavy atom. The molecule has 0 aliphatic carbocycles. The molecule has 0 fully saturated rings. The maximum Gasteiger partial charge on any atom is 0.318 e. The van der Waals surface area contributed by atoms with Crippen molar-refractivity contribution in [3.8, 4) is 0 Å². The molecule has 0 spiro atoms. The minimum absolute atomic E-state index is 0.0769. The SMILES string of the molecule is COC(=O)CCC(=O)OSC. The minimum atomic E-state index is -0.400. The van der Waals surface area contributed by atoms with Crippen molar-refractivity contribution in [1.82, 2.24) is 0 Å². The van der Waals surface area contributed by atoms with Crippen molar-refractivity contribution in [2.24, 2.45) is 0 Å². The predicted molar refractivity (Wildman–Crippen MR) is 40.9 cm³/mol. The van der Waals surface area contributed by atoms with E-state index >= 15 is 0 Å². The van der Waals surface area contributed by atoms with Crippen LogP contribution in [0, 0.1) is 0 Å². The lowest BCUT2D eigenvalue weighted by molar-refractivity contribution is -0.144. The fraction of sp³-hybridized carbons (Fsp3) is 0.667. The fourth-order valence-electron chi connectivity index (χ4n) is 0.441. The lowest BCUT2D eigenvalue weighted by Gasteiger charge is -1.98. The molecular formula is C6H10O4S. The van der Waals surface area contributed by atoms with E-state index in [2.05, 4.69) is 8.92 Å². The second-order valence-electron chi connectivity index (χ2n) is 1.70. The van der Waals surface area contributed by atoms with Gasteiger partial charge in [0.25, 0.3) is 0 Å². The van der Waals surface area contributed by atoms with Gasteiger partial charge in [0.05, 0.1) is 32.0 Å². The first-order chi connectivity index (χ1) is 5.20. The van der Waals surface area contributed by atoms with Gasteiger partial charge in [-0.15, -0.1) is 0 Å². The van der Waals surface area contributed by atoms with Crippen LogP contribution in [0.4, 0.5) is 0 Å². The lowest BCUT2D eigenvalue weighted by atomic mass is 10.3. The van der Waals surface area contributed by atoms with E-state index < -0.39 is 11.9 Å². The topological polar surface area (TPSA) is 52.6 Å². The van der Waals surface area contributed by atoms with Gasteiger partial charge in [-0.05, 0) is 0 Å². The van der Waals surface area contributed by atoms with E-state index in [-0.39, 0.29) is 12.8 Å². The summed E-state index contributed by atoms with van der Waals surface area (Å²) in [6, 6.07) is 0. The molecule has 4 nitrogen and oxygen atoms in total. The van der Waals surface area contributed by atoms with Crippen LogP contribution in [-0.4, -0.2) is 25.3 Å². The molecule has 0 aromatic rings. The summed E-state index contributed by atoms with van der Waals surface area (Å²) >= 11 is 0.967. The van der Waals surface area contributed by atoms with Crippen molar-refractivity contribution in [3.63, 3.8) is 0 Å². The Labute approximate surface area is 69.4 Å². The molecule has 0 amide bonds. The summed E-state index contributed by atoms with van der Waals surface area (Å²) < 4.78 is 8.83. The van der Waals surface area contributed by atoms with Gasteiger partial charge in [0.15, 0.2) is 0 Å². The maximum absolute atomic E-state index is 10.6. The molecule has 0 aliphatic rings. The number of carbonyl (C=O) groups is 2. The smallest absolute Gasteiger partial charge is 0.318 e. The number of hydrogen-bond donors (Lipinski definition) is 0. The second kappa shape index (κ2) is 6.03. The summed E-state index contributed by atoms with van der Waals surface area (Å²) in [6.45, 7) is 0. The van der Waals surface area contributed by atoms with Crippen molar-refractivity contribution in [2.45, 2.75) is 12.8 Å². The largest absolute Gasteiger partial charge is 0.469 e. The molecule has 0 heterocycles. The van der Waals surface area contributed by atoms with Crippen molar-refractivity contribution in [1.29, 1.82) is 0 Å². The first-order valence-corrected chi connectivity index (χ1v) is 4.16. The number of methoxy groups -OCH3 is 1. The molecule has 0 unspecified atom stereocenters. The van der Waals surface area contributed by atoms with Crippen LogP contribution in [0.25, 0.3) is 0 Å². The average molecular weight is 178 g/mol. The van der Waals surface area contributed by atoms with E-state index in [9.17, 15) is 9.59 Å². The summed E-state index contributed by atoms with van der Waals surface area (Å²) in [4.78, 5) is 21.1. The van der Waals surface area contributed by atoms with E-state index in [1.807, 2.05) is 0 Å². The zero-order valence-electron chi connectivity index (χ0n) is 6.46. The molecule has 11 heavy (non-hydrogen) atoms. The van der Waals surface area contributed by atoms with Crippen LogP contribution in [0.15, 0.2) is 0 Å². The number of esters is 1. The van der Waals surface area contributed by atoms with Crippen LogP contribution in [0.1, 0.15) is 12.8 Å². The normalized spacial score (nSPS) is 8.91. The van der Waals surface area contributed by atoms with E-state index in [0.717, 1.165) is 12.0 Å². The van der Waals surface area contributed by atoms with Gasteiger partial charge in [-0.3, -0.25) is 9.59 Å². The van der Waals surface area contributed by atoms with Gasteiger partial charge in [0.2, 0.25) is 0 Å². The van der Waals surface area contributed by atoms with Crippen molar-refractivity contribution in [2.75, 3.05) is 13.4 Å². The standard InChI is InChI=1S/C6H10O4S/c1-9-5(7)3-4-6(8)10-11-2/h3-4H2,1-2H3. The monoisotopic (exact) mass is 178 g/mol. The molecule has 64 valence electrons. The molecule has 0 saturated heterocycles. The highest BCUT2D eigenvalue weighted by Gasteiger charge is 2.06. The highest BCUT2D eigenvalue weighted by molar-refractivity contribution is 7.94. The Hall–Kier alpha value is -0.710. The van der Waals surface area contributed by atoms with Crippen LogP contribution in [0.5, 0.6) is 0 Å². The molecule has 0 radical (unpaired) electrons. The van der Waals surface area contributed by atoms with Gasteiger partial charge in [-0.1, -0.05) is 0 Å². The van der Waals surface area contributed by atoms with E-state index in [4.69, 9.17) is 0 Å². The zero-order valence-corrected chi connectivity index (χ0v) is 7.27. The van der Waals surface area contributed by atoms with Gasteiger partial charge in [0.1, 0.15) is 0 Å². The predicted octanol–water partition coefficient (Wildman–Crippen LogP) is 0.761. The molecule has 0 N–H and O–H groups in total. The number of ether oxygens (including phenoxy) is 1. The Kier molecular flexibility index (Phi) is 5.64. The van der Waals surface area contributed by atoms with Crippen LogP contribution in [0.3, 0.4) is 0 Å². The van der Waals surface area contributed by atoms with Crippen molar-refractivity contribution >= 4 is 24.0 Å². The third kappa shape index (κ3) is 5.72. The summed E-state index contributed by atoms with van der Waals surface area (Å²) in [5.41, 5.74) is 0. The molecule has 0 saturated carbocycles. The Morgan fingerprint density at radius 2 is 1.82 bits per heavy atom. The molecular weight excluding hydrogens is 168 g/mol. The Morgan fingerprint density at radius 3 is 2.27 bits per heavy atom. The van der Waals surface area contributed by atoms with Crippen molar-refractivity contribution < 1.29 is 18.5 Å². The first-order valence-electron chi connectivity index (χ1n) is 3.01. The Bertz CT molecular complexity index is 146. The van der Waals surface area contributed by atoms with Gasteiger partial charge in [0, 0.05) is 6.26 Å². The lowest BCUT2D eigenvalue weighted by Crippen LogP contribution is -2.05. The maximum atomic E-state index is 10.6. The van der Waals surface area contributed by atoms with E-state index in [0.29, 0.717) is 0 Å². The van der Waals surface area contributed by atoms with Gasteiger partial charge in [-0.2, -0.15) is 0 Å². The third-order valence-electron chi connectivity index (χ3n) is 0.937. The summed E-state index contributed by atoms with van der Waals surface area (Å²) in [7, 11) is 1.28. The highest BCUT2D eigenvalue weighted by atomic mass is 32.2. The summed E-state index contributed by atoms with van der Waals surface area (Å²) in [6.07, 6.45) is 1.79. The number of rotatable bonds is 4. The van der Waals surface area contributed by atoms with Crippen molar-refractivity contribution in [3.05, 3.63) is 0 Å². The second-order valence-corrected chi connectivity index (χ2v) is 2.20. The zero-order chi connectivity index (χ0) is 8.69. The van der Waals surface area contributed by atoms with E-state index in [1.54, 1.807) is 6.26 Å². The number of hydrogen-bond acceptors (Lipinski definition) is 5. The van der Waals surface area contributed by atoms with Crippen LogP contribution in [-0.2, 0) is 18.5 Å². The summed E-state index contributed by atoms with van der Waals surface area (Å²) in [5.74, 6) is -0.800. The molecule has 0 rings (SSSR count).